The van der Waals surface area contributed by atoms with E-state index in [2.05, 4.69) is 193 Å². The Balaban J connectivity index is 1.19. The van der Waals surface area contributed by atoms with Crippen molar-refractivity contribution in [3.8, 4) is 0 Å². The van der Waals surface area contributed by atoms with E-state index in [1.165, 1.54) is 173 Å². The Hall–Kier alpha value is -4.70. The molecule has 2 saturated carbocycles. The molecule has 6 aliphatic carbocycles. The van der Waals surface area contributed by atoms with Crippen molar-refractivity contribution in [2.24, 2.45) is 0 Å². The Morgan fingerprint density at radius 1 is 0.473 bits per heavy atom. The lowest BCUT2D eigenvalue weighted by Gasteiger charge is -2.52. The first-order valence-corrected chi connectivity index (χ1v) is 29.5. The van der Waals surface area contributed by atoms with Crippen LogP contribution in [0.3, 0.4) is 0 Å². The summed E-state index contributed by atoms with van der Waals surface area (Å²) in [6, 6.07) is 31.3. The molecule has 2 bridgehead atoms. The summed E-state index contributed by atoms with van der Waals surface area (Å²) in [5.74, 6) is 0.511. The van der Waals surface area contributed by atoms with Crippen molar-refractivity contribution in [1.82, 2.24) is 0 Å². The summed E-state index contributed by atoms with van der Waals surface area (Å²) in [5.41, 5.74) is 26.8. The van der Waals surface area contributed by atoms with Gasteiger partial charge < -0.3 is 14.2 Å². The van der Waals surface area contributed by atoms with Crippen molar-refractivity contribution >= 4 is 68.4 Å². The third-order valence-corrected chi connectivity index (χ3v) is 21.6. The van der Waals surface area contributed by atoms with Crippen LogP contribution in [0.1, 0.15) is 250 Å². The number of anilines is 6. The van der Waals surface area contributed by atoms with Gasteiger partial charge in [-0.2, -0.15) is 0 Å². The normalized spacial score (nSPS) is 25.0. The molecule has 0 atom stereocenters. The highest BCUT2D eigenvalue weighted by molar-refractivity contribution is 7.00. The van der Waals surface area contributed by atoms with Crippen molar-refractivity contribution in [2.75, 3.05) is 9.80 Å². The number of fused-ring (bicyclic) bond motifs is 10. The van der Waals surface area contributed by atoms with Gasteiger partial charge in [0.25, 0.3) is 6.71 Å². The lowest BCUT2D eigenvalue weighted by Crippen LogP contribution is -2.61. The molecule has 0 radical (unpaired) electrons. The van der Waals surface area contributed by atoms with E-state index >= 15 is 0 Å². The summed E-state index contributed by atoms with van der Waals surface area (Å²) >= 11 is 0. The Labute approximate surface area is 446 Å². The molecule has 6 aromatic rings. The third kappa shape index (κ3) is 7.09. The highest BCUT2D eigenvalue weighted by atomic mass is 16.3. The van der Waals surface area contributed by atoms with Crippen LogP contribution in [0, 0.1) is 0 Å². The maximum Gasteiger partial charge on any atom is 0.297 e. The van der Waals surface area contributed by atoms with Gasteiger partial charge in [-0.05, 0) is 229 Å². The zero-order valence-electron chi connectivity index (χ0n) is 48.6. The number of rotatable bonds is 3. The number of furan rings is 1. The molecule has 0 amide bonds. The summed E-state index contributed by atoms with van der Waals surface area (Å²) in [7, 11) is 0. The van der Waals surface area contributed by atoms with Crippen LogP contribution in [0.4, 0.5) is 34.1 Å². The molecule has 5 aromatic carbocycles. The van der Waals surface area contributed by atoms with E-state index in [9.17, 15) is 0 Å². The average molecular weight is 983 g/mol. The molecule has 0 unspecified atom stereocenters. The summed E-state index contributed by atoms with van der Waals surface area (Å²) in [4.78, 5) is 5.54. The summed E-state index contributed by atoms with van der Waals surface area (Å²) in [6.45, 7) is 39.4. The molecule has 3 nitrogen and oxygen atoms in total. The molecule has 2 fully saturated rings. The highest BCUT2D eigenvalue weighted by Gasteiger charge is 2.52. The van der Waals surface area contributed by atoms with Gasteiger partial charge in [0.05, 0.1) is 11.3 Å². The van der Waals surface area contributed by atoms with Crippen molar-refractivity contribution < 1.29 is 4.42 Å². The Morgan fingerprint density at radius 2 is 0.986 bits per heavy atom. The van der Waals surface area contributed by atoms with Gasteiger partial charge in [0.2, 0.25) is 0 Å². The van der Waals surface area contributed by atoms with Crippen LogP contribution in [0.15, 0.2) is 77.2 Å². The first-order valence-electron chi connectivity index (χ1n) is 29.5. The minimum atomic E-state index is -0.0859. The van der Waals surface area contributed by atoms with Gasteiger partial charge in [-0.1, -0.05) is 148 Å². The number of benzene rings is 5. The lowest BCUT2D eigenvalue weighted by molar-refractivity contribution is 0.188. The minimum Gasteiger partial charge on any atom is -0.468 e. The molecule has 386 valence electrons. The fourth-order valence-corrected chi connectivity index (χ4v) is 16.0. The predicted octanol–water partition coefficient (Wildman–Crippen LogP) is 18.0. The fourth-order valence-electron chi connectivity index (χ4n) is 16.0. The van der Waals surface area contributed by atoms with Crippen LogP contribution in [-0.4, -0.2) is 6.71 Å². The molecule has 74 heavy (non-hydrogen) atoms. The highest BCUT2D eigenvalue weighted by Crippen LogP contribution is 2.59. The first kappa shape index (κ1) is 48.9. The van der Waals surface area contributed by atoms with Crippen LogP contribution in [0.2, 0.25) is 0 Å². The monoisotopic (exact) mass is 983 g/mol. The molecule has 0 saturated heterocycles. The van der Waals surface area contributed by atoms with Crippen molar-refractivity contribution in [2.45, 2.75) is 243 Å². The van der Waals surface area contributed by atoms with E-state index in [4.69, 9.17) is 4.42 Å². The van der Waals surface area contributed by atoms with Gasteiger partial charge in [0, 0.05) is 33.8 Å². The number of hydrogen-bond acceptors (Lipinski definition) is 3. The van der Waals surface area contributed by atoms with Crippen molar-refractivity contribution in [3.05, 3.63) is 123 Å². The zero-order chi connectivity index (χ0) is 52.2. The number of hydrogen-bond donors (Lipinski definition) is 0. The van der Waals surface area contributed by atoms with E-state index in [0.29, 0.717) is 5.92 Å². The second kappa shape index (κ2) is 15.5. The van der Waals surface area contributed by atoms with Crippen LogP contribution in [0.5, 0.6) is 0 Å². The van der Waals surface area contributed by atoms with Crippen LogP contribution in [-0.2, 0) is 43.3 Å². The maximum atomic E-state index is 7.88. The molecular formula is C70H87BN2O. The van der Waals surface area contributed by atoms with Gasteiger partial charge in [-0.25, -0.2) is 0 Å². The largest absolute Gasteiger partial charge is 0.468 e. The second-order valence-electron chi connectivity index (χ2n) is 30.7. The predicted molar refractivity (Wildman–Crippen MR) is 317 cm³/mol. The van der Waals surface area contributed by atoms with Gasteiger partial charge >= 0.3 is 0 Å². The van der Waals surface area contributed by atoms with Gasteiger partial charge in [0.15, 0.2) is 0 Å². The third-order valence-electron chi connectivity index (χ3n) is 21.6. The summed E-state index contributed by atoms with van der Waals surface area (Å²) < 4.78 is 7.88. The molecule has 14 rings (SSSR count). The maximum absolute atomic E-state index is 7.88. The average Bonchev–Trinajstić information content (AvgIpc) is 3.72. The standard InChI is InChI=1S/C70H87BN2O/c1-63(2,3)44-34-45(64(4,5)6)36-47(35-44)72-56-40-52-51(67(11,12)26-27-68(52,13)14)39-55(56)71-60-57(72)32-43(42-20-18-17-19-21-42)33-58(60)73(46-22-23-49-50(37-46)66(9,10)25-24-65(49,7)8)61-48-38-53-54(41-59(48)74-62(61)71)70(16)30-28-69(53,15)29-31-70/h22-23,32-42H,17-21,24-31H2,1-16H3. The Kier molecular flexibility index (Phi) is 10.2. The zero-order valence-corrected chi connectivity index (χ0v) is 48.6. The van der Waals surface area contributed by atoms with E-state index in [1.807, 2.05) is 0 Å². The second-order valence-corrected chi connectivity index (χ2v) is 30.7. The van der Waals surface area contributed by atoms with E-state index in [1.54, 1.807) is 11.1 Å². The molecule has 3 heterocycles. The van der Waals surface area contributed by atoms with E-state index in [-0.39, 0.29) is 50.0 Å². The van der Waals surface area contributed by atoms with Crippen LogP contribution in [0.25, 0.3) is 11.0 Å². The smallest absolute Gasteiger partial charge is 0.297 e. The molecule has 8 aliphatic rings. The molecule has 1 aromatic heterocycles. The minimum absolute atomic E-state index is 0.0363. The fraction of sp³-hybridized carbons (Fsp3) is 0.543. The Bertz CT molecular complexity index is 3310. The van der Waals surface area contributed by atoms with Gasteiger partial charge in [-0.3, -0.25) is 0 Å². The Morgan fingerprint density at radius 3 is 1.55 bits per heavy atom. The first-order chi connectivity index (χ1) is 34.6. The summed E-state index contributed by atoms with van der Waals surface area (Å²) in [6.07, 6.45) is 16.2. The molecule has 2 aliphatic heterocycles. The molecule has 0 N–H and O–H groups in total. The van der Waals surface area contributed by atoms with Crippen molar-refractivity contribution in [1.29, 1.82) is 0 Å². The molecular weight excluding hydrogens is 896 g/mol. The summed E-state index contributed by atoms with van der Waals surface area (Å²) in [5, 5.41) is 1.29. The van der Waals surface area contributed by atoms with E-state index in [0.717, 1.165) is 11.2 Å². The molecule has 0 spiro atoms. The SMILES string of the molecule is CC(C)(C)c1cc(N2c3cc4c(cc3B3c5oc6cc7c(cc6c5N(c5ccc6c(c5)C(C)(C)CCC6(C)C)c5cc(C6CCCCC6)cc2c53)C2(C)CCC7(C)CC2)C(C)(C)CCC4(C)C)cc(C(C)(C)C)c1. The van der Waals surface area contributed by atoms with Gasteiger partial charge in [-0.15, -0.1) is 0 Å². The van der Waals surface area contributed by atoms with Gasteiger partial charge in [0.1, 0.15) is 5.58 Å². The van der Waals surface area contributed by atoms with Crippen molar-refractivity contribution in [3.63, 3.8) is 0 Å². The van der Waals surface area contributed by atoms with Crippen LogP contribution >= 0.6 is 0 Å². The topological polar surface area (TPSA) is 19.6 Å². The number of nitrogens with zero attached hydrogens (tertiary/aromatic N) is 2. The van der Waals surface area contributed by atoms with Crippen LogP contribution < -0.4 is 26.4 Å². The quantitative estimate of drug-likeness (QED) is 0.165. The van der Waals surface area contributed by atoms with E-state index < -0.39 is 0 Å². The molecule has 4 heteroatoms. The lowest BCUT2D eigenvalue weighted by atomic mass is 9.35.